The third-order valence-corrected chi connectivity index (χ3v) is 4.83. The molecule has 25 heavy (non-hydrogen) atoms. The first-order valence-corrected chi connectivity index (χ1v) is 9.33. The Kier molecular flexibility index (Phi) is 5.90. The molecular weight excluding hydrogens is 330 g/mol. The first kappa shape index (κ1) is 17.3. The summed E-state index contributed by atoms with van der Waals surface area (Å²) in [6, 6.07) is 17.8. The zero-order chi connectivity index (χ0) is 17.5. The van der Waals surface area contributed by atoms with E-state index in [0.717, 1.165) is 36.3 Å². The number of aryl methyl sites for hydroxylation is 1. The number of aromatic nitrogens is 2. The van der Waals surface area contributed by atoms with Crippen molar-refractivity contribution < 1.29 is 4.79 Å². The molecule has 0 spiro atoms. The molecule has 0 aliphatic carbocycles. The van der Waals surface area contributed by atoms with E-state index in [-0.39, 0.29) is 5.91 Å². The first-order chi connectivity index (χ1) is 12.3. The third kappa shape index (κ3) is 4.73. The molecule has 1 amide bonds. The van der Waals surface area contributed by atoms with Crippen LogP contribution in [-0.4, -0.2) is 16.1 Å². The molecule has 2 aromatic carbocycles. The number of nitrogens with zero attached hydrogens (tertiary/aromatic N) is 2. The van der Waals surface area contributed by atoms with Gasteiger partial charge in [0.15, 0.2) is 0 Å². The molecule has 0 saturated heterocycles. The molecule has 3 aromatic rings. The van der Waals surface area contributed by atoms with Gasteiger partial charge >= 0.3 is 0 Å². The molecule has 0 saturated carbocycles. The Morgan fingerprint density at radius 3 is 2.60 bits per heavy atom. The van der Waals surface area contributed by atoms with Crippen LogP contribution in [0.3, 0.4) is 0 Å². The van der Waals surface area contributed by atoms with Crippen molar-refractivity contribution in [3.8, 4) is 0 Å². The summed E-state index contributed by atoms with van der Waals surface area (Å²) in [7, 11) is 0. The van der Waals surface area contributed by atoms with Crippen LogP contribution in [0.4, 0.5) is 5.13 Å². The summed E-state index contributed by atoms with van der Waals surface area (Å²) in [5.41, 5.74) is 2.86. The second-order valence-corrected chi connectivity index (χ2v) is 6.94. The number of hydrogen-bond acceptors (Lipinski definition) is 4. The standard InChI is InChI=1S/C20H21N3OS/c1-2-3-13-18-22-23-20(25-18)21-19(24)17-12-8-7-11-16(17)14-15-9-5-4-6-10-15/h4-12H,2-3,13-14H2,1H3,(H,21,23,24). The van der Waals surface area contributed by atoms with Crippen LogP contribution >= 0.6 is 11.3 Å². The molecule has 128 valence electrons. The van der Waals surface area contributed by atoms with Gasteiger partial charge in [0.05, 0.1) is 0 Å². The van der Waals surface area contributed by atoms with Crippen molar-refractivity contribution in [3.63, 3.8) is 0 Å². The van der Waals surface area contributed by atoms with Gasteiger partial charge in [0.25, 0.3) is 5.91 Å². The Balaban J connectivity index is 1.73. The summed E-state index contributed by atoms with van der Waals surface area (Å²) < 4.78 is 0. The van der Waals surface area contributed by atoms with Crippen molar-refractivity contribution in [3.05, 3.63) is 76.3 Å². The molecule has 0 radical (unpaired) electrons. The predicted octanol–water partition coefficient (Wildman–Crippen LogP) is 4.72. The van der Waals surface area contributed by atoms with E-state index in [1.807, 2.05) is 42.5 Å². The normalized spacial score (nSPS) is 10.6. The van der Waals surface area contributed by atoms with Crippen molar-refractivity contribution in [2.45, 2.75) is 32.6 Å². The number of amides is 1. The van der Waals surface area contributed by atoms with E-state index in [4.69, 9.17) is 0 Å². The Hall–Kier alpha value is -2.53. The Labute approximate surface area is 151 Å². The summed E-state index contributed by atoms with van der Waals surface area (Å²) in [5, 5.41) is 12.6. The fourth-order valence-electron chi connectivity index (χ4n) is 2.61. The molecule has 0 atom stereocenters. The van der Waals surface area contributed by atoms with E-state index < -0.39 is 0 Å². The summed E-state index contributed by atoms with van der Waals surface area (Å²) in [4.78, 5) is 12.7. The van der Waals surface area contributed by atoms with Crippen molar-refractivity contribution in [2.24, 2.45) is 0 Å². The number of rotatable bonds is 7. The Bertz CT molecular complexity index is 830. The van der Waals surface area contributed by atoms with Gasteiger partial charge in [0.1, 0.15) is 5.01 Å². The third-order valence-electron chi connectivity index (χ3n) is 3.93. The molecule has 1 N–H and O–H groups in total. The zero-order valence-corrected chi connectivity index (χ0v) is 15.1. The number of nitrogens with one attached hydrogen (secondary N) is 1. The molecular formula is C20H21N3OS. The van der Waals surface area contributed by atoms with Crippen LogP contribution in [-0.2, 0) is 12.8 Å². The monoisotopic (exact) mass is 351 g/mol. The smallest absolute Gasteiger partial charge is 0.257 e. The number of benzene rings is 2. The van der Waals surface area contributed by atoms with Gasteiger partial charge in [-0.1, -0.05) is 73.2 Å². The lowest BCUT2D eigenvalue weighted by atomic mass is 9.99. The number of hydrogen-bond donors (Lipinski definition) is 1. The van der Waals surface area contributed by atoms with Crippen LogP contribution in [0.25, 0.3) is 0 Å². The van der Waals surface area contributed by atoms with Gasteiger partial charge in [0, 0.05) is 12.0 Å². The van der Waals surface area contributed by atoms with E-state index >= 15 is 0 Å². The molecule has 0 bridgehead atoms. The molecule has 4 nitrogen and oxygen atoms in total. The number of anilines is 1. The number of carbonyl (C=O) groups excluding carboxylic acids is 1. The SMILES string of the molecule is CCCCc1nnc(NC(=O)c2ccccc2Cc2ccccc2)s1. The second kappa shape index (κ2) is 8.53. The highest BCUT2D eigenvalue weighted by Crippen LogP contribution is 2.20. The van der Waals surface area contributed by atoms with Gasteiger partial charge in [-0.05, 0) is 30.0 Å². The highest BCUT2D eigenvalue weighted by molar-refractivity contribution is 7.15. The maximum Gasteiger partial charge on any atom is 0.257 e. The summed E-state index contributed by atoms with van der Waals surface area (Å²) in [6.45, 7) is 2.15. The summed E-state index contributed by atoms with van der Waals surface area (Å²) in [5.74, 6) is -0.135. The van der Waals surface area contributed by atoms with Crippen molar-refractivity contribution >= 4 is 22.4 Å². The van der Waals surface area contributed by atoms with Crippen LogP contribution in [0.1, 0.15) is 46.3 Å². The zero-order valence-electron chi connectivity index (χ0n) is 14.2. The highest BCUT2D eigenvalue weighted by atomic mass is 32.1. The minimum absolute atomic E-state index is 0.135. The Morgan fingerprint density at radius 2 is 1.80 bits per heavy atom. The maximum absolute atomic E-state index is 12.7. The lowest BCUT2D eigenvalue weighted by Gasteiger charge is -2.09. The molecule has 0 aliphatic rings. The predicted molar refractivity (Wildman–Crippen MR) is 102 cm³/mol. The molecule has 0 unspecified atom stereocenters. The molecule has 1 aromatic heterocycles. The van der Waals surface area contributed by atoms with Gasteiger partial charge in [-0.15, -0.1) is 10.2 Å². The molecule has 0 aliphatic heterocycles. The minimum Gasteiger partial charge on any atom is -0.296 e. The largest absolute Gasteiger partial charge is 0.296 e. The van der Waals surface area contributed by atoms with Crippen LogP contribution < -0.4 is 5.32 Å². The summed E-state index contributed by atoms with van der Waals surface area (Å²) in [6.07, 6.45) is 3.84. The fourth-order valence-corrected chi connectivity index (χ4v) is 3.39. The quantitative estimate of drug-likeness (QED) is 0.670. The van der Waals surface area contributed by atoms with Gasteiger partial charge in [-0.3, -0.25) is 10.1 Å². The lowest BCUT2D eigenvalue weighted by molar-refractivity contribution is 0.102. The maximum atomic E-state index is 12.7. The number of unbranched alkanes of at least 4 members (excludes halogenated alkanes) is 1. The van der Waals surface area contributed by atoms with Crippen LogP contribution in [0, 0.1) is 0 Å². The molecule has 0 fully saturated rings. The average Bonchev–Trinajstić information content (AvgIpc) is 3.08. The first-order valence-electron chi connectivity index (χ1n) is 8.52. The van der Waals surface area contributed by atoms with E-state index in [9.17, 15) is 4.79 Å². The van der Waals surface area contributed by atoms with E-state index in [1.165, 1.54) is 16.9 Å². The molecule has 1 heterocycles. The van der Waals surface area contributed by atoms with Gasteiger partial charge in [0.2, 0.25) is 5.13 Å². The van der Waals surface area contributed by atoms with Crippen molar-refractivity contribution in [1.82, 2.24) is 10.2 Å². The minimum atomic E-state index is -0.135. The van der Waals surface area contributed by atoms with Crippen LogP contribution in [0.15, 0.2) is 54.6 Å². The lowest BCUT2D eigenvalue weighted by Crippen LogP contribution is -2.14. The van der Waals surface area contributed by atoms with Gasteiger partial charge in [-0.2, -0.15) is 0 Å². The van der Waals surface area contributed by atoms with E-state index in [0.29, 0.717) is 10.7 Å². The van der Waals surface area contributed by atoms with Gasteiger partial charge < -0.3 is 0 Å². The summed E-state index contributed by atoms with van der Waals surface area (Å²) >= 11 is 1.45. The van der Waals surface area contributed by atoms with E-state index in [1.54, 1.807) is 0 Å². The highest BCUT2D eigenvalue weighted by Gasteiger charge is 2.14. The van der Waals surface area contributed by atoms with Crippen LogP contribution in [0.5, 0.6) is 0 Å². The fraction of sp³-hybridized carbons (Fsp3) is 0.250. The average molecular weight is 351 g/mol. The van der Waals surface area contributed by atoms with Crippen LogP contribution in [0.2, 0.25) is 0 Å². The molecule has 5 heteroatoms. The number of carbonyl (C=O) groups is 1. The second-order valence-electron chi connectivity index (χ2n) is 5.88. The topological polar surface area (TPSA) is 54.9 Å². The van der Waals surface area contributed by atoms with Crippen molar-refractivity contribution in [2.75, 3.05) is 5.32 Å². The molecule has 3 rings (SSSR count). The van der Waals surface area contributed by atoms with Crippen molar-refractivity contribution in [1.29, 1.82) is 0 Å². The van der Waals surface area contributed by atoms with E-state index in [2.05, 4.69) is 34.6 Å². The Morgan fingerprint density at radius 1 is 1.04 bits per heavy atom. The van der Waals surface area contributed by atoms with Gasteiger partial charge in [-0.25, -0.2) is 0 Å².